The van der Waals surface area contributed by atoms with E-state index in [-0.39, 0.29) is 0 Å². The molecule has 2 N–H and O–H groups in total. The molecular weight excluding hydrogens is 296 g/mol. The number of hydrogen-bond donors (Lipinski definition) is 1. The highest BCUT2D eigenvalue weighted by Gasteiger charge is 2.22. The first-order valence-electron chi connectivity index (χ1n) is 9.69. The van der Waals surface area contributed by atoms with Gasteiger partial charge in [0, 0.05) is 19.6 Å². The lowest BCUT2D eigenvalue weighted by molar-refractivity contribution is 0.158. The van der Waals surface area contributed by atoms with Crippen LogP contribution in [0.25, 0.3) is 0 Å². The molecule has 0 spiro atoms. The van der Waals surface area contributed by atoms with Crippen molar-refractivity contribution in [3.05, 3.63) is 29.8 Å². The maximum atomic E-state index is 5.84. The van der Waals surface area contributed by atoms with Gasteiger partial charge in [0.15, 0.2) is 0 Å². The molecule has 24 heavy (non-hydrogen) atoms. The molecule has 0 heterocycles. The second kappa shape index (κ2) is 10.0. The van der Waals surface area contributed by atoms with Crippen LogP contribution in [0.1, 0.15) is 51.5 Å². The smallest absolute Gasteiger partial charge is 0.118 e. The van der Waals surface area contributed by atoms with Gasteiger partial charge in [-0.15, -0.1) is 0 Å². The summed E-state index contributed by atoms with van der Waals surface area (Å²) in [6.45, 7) is 9.00. The van der Waals surface area contributed by atoms with Gasteiger partial charge in [0.1, 0.15) is 5.75 Å². The molecule has 0 amide bonds. The van der Waals surface area contributed by atoms with Crippen LogP contribution in [0.4, 0.5) is 0 Å². The van der Waals surface area contributed by atoms with Crippen molar-refractivity contribution >= 4 is 0 Å². The fraction of sp³-hybridized carbons (Fsp3) is 0.714. The minimum Gasteiger partial charge on any atom is -0.497 e. The van der Waals surface area contributed by atoms with Crippen molar-refractivity contribution < 1.29 is 4.74 Å². The summed E-state index contributed by atoms with van der Waals surface area (Å²) in [4.78, 5) is 2.67. The number of benzene rings is 1. The molecule has 0 aromatic heterocycles. The van der Waals surface area contributed by atoms with E-state index in [0.29, 0.717) is 0 Å². The van der Waals surface area contributed by atoms with E-state index in [2.05, 4.69) is 43.0 Å². The monoisotopic (exact) mass is 332 g/mol. The number of rotatable bonds is 9. The Kier molecular flexibility index (Phi) is 8.07. The standard InChI is InChI=1S/C21H36N2O/c1-4-17(2)14-23(15-19-7-5-18(13-22)6-8-19)16-20-9-11-21(24-3)12-10-20/h9-12,17-19H,4-8,13-16,22H2,1-3H3. The van der Waals surface area contributed by atoms with Gasteiger partial charge in [-0.3, -0.25) is 4.90 Å². The first kappa shape index (κ1) is 19.3. The highest BCUT2D eigenvalue weighted by Crippen LogP contribution is 2.29. The molecule has 1 aliphatic rings. The Balaban J connectivity index is 1.93. The van der Waals surface area contributed by atoms with Crippen molar-refractivity contribution in [3.8, 4) is 5.75 Å². The molecule has 3 nitrogen and oxygen atoms in total. The zero-order valence-corrected chi connectivity index (χ0v) is 15.8. The number of ether oxygens (including phenoxy) is 1. The zero-order chi connectivity index (χ0) is 17.4. The van der Waals surface area contributed by atoms with Crippen molar-refractivity contribution in [1.82, 2.24) is 4.90 Å². The minimum atomic E-state index is 0.753. The van der Waals surface area contributed by atoms with Gasteiger partial charge >= 0.3 is 0 Å². The summed E-state index contributed by atoms with van der Waals surface area (Å²) >= 11 is 0. The molecule has 1 saturated carbocycles. The van der Waals surface area contributed by atoms with Crippen LogP contribution in [-0.4, -0.2) is 31.6 Å². The van der Waals surface area contributed by atoms with E-state index in [1.807, 2.05) is 0 Å². The highest BCUT2D eigenvalue weighted by molar-refractivity contribution is 5.27. The molecular formula is C21H36N2O. The van der Waals surface area contributed by atoms with Crippen molar-refractivity contribution in [3.63, 3.8) is 0 Å². The number of nitrogens with zero attached hydrogens (tertiary/aromatic N) is 1. The third-order valence-electron chi connectivity index (χ3n) is 5.65. The molecule has 1 aromatic carbocycles. The summed E-state index contributed by atoms with van der Waals surface area (Å²) in [5.74, 6) is 3.30. The quantitative estimate of drug-likeness (QED) is 0.732. The molecule has 0 radical (unpaired) electrons. The van der Waals surface area contributed by atoms with Crippen LogP contribution in [0.3, 0.4) is 0 Å². The second-order valence-corrected chi connectivity index (χ2v) is 7.68. The zero-order valence-electron chi connectivity index (χ0n) is 15.8. The van der Waals surface area contributed by atoms with E-state index in [4.69, 9.17) is 10.5 Å². The van der Waals surface area contributed by atoms with Crippen LogP contribution in [0.15, 0.2) is 24.3 Å². The maximum absolute atomic E-state index is 5.84. The molecule has 1 atom stereocenters. The van der Waals surface area contributed by atoms with Crippen LogP contribution in [0.2, 0.25) is 0 Å². The van der Waals surface area contributed by atoms with Gasteiger partial charge in [0.05, 0.1) is 7.11 Å². The van der Waals surface area contributed by atoms with Crippen LogP contribution in [-0.2, 0) is 6.54 Å². The van der Waals surface area contributed by atoms with Gasteiger partial charge in [-0.1, -0.05) is 32.4 Å². The van der Waals surface area contributed by atoms with E-state index >= 15 is 0 Å². The molecule has 0 bridgehead atoms. The van der Waals surface area contributed by atoms with Crippen molar-refractivity contribution in [2.45, 2.75) is 52.5 Å². The summed E-state index contributed by atoms with van der Waals surface area (Å²) in [5.41, 5.74) is 7.22. The first-order valence-corrected chi connectivity index (χ1v) is 9.69. The molecule has 0 saturated heterocycles. The predicted octanol–water partition coefficient (Wildman–Crippen LogP) is 4.31. The number of hydrogen-bond acceptors (Lipinski definition) is 3. The van der Waals surface area contributed by atoms with E-state index in [9.17, 15) is 0 Å². The van der Waals surface area contributed by atoms with Crippen molar-refractivity contribution in [2.75, 3.05) is 26.7 Å². The molecule has 1 aromatic rings. The van der Waals surface area contributed by atoms with Crippen LogP contribution in [0, 0.1) is 17.8 Å². The van der Waals surface area contributed by atoms with Crippen LogP contribution < -0.4 is 10.5 Å². The number of nitrogens with two attached hydrogens (primary N) is 1. The molecule has 2 rings (SSSR count). The SMILES string of the molecule is CCC(C)CN(Cc1ccc(OC)cc1)CC1CCC(CN)CC1. The maximum Gasteiger partial charge on any atom is 0.118 e. The van der Waals surface area contributed by atoms with Gasteiger partial charge in [0.2, 0.25) is 0 Å². The molecule has 1 aliphatic carbocycles. The third-order valence-corrected chi connectivity index (χ3v) is 5.65. The van der Waals surface area contributed by atoms with E-state index in [0.717, 1.165) is 36.6 Å². The highest BCUT2D eigenvalue weighted by atomic mass is 16.5. The Labute approximate surface area is 148 Å². The lowest BCUT2D eigenvalue weighted by Crippen LogP contribution is -2.35. The fourth-order valence-corrected chi connectivity index (χ4v) is 3.78. The van der Waals surface area contributed by atoms with Gasteiger partial charge in [0.25, 0.3) is 0 Å². The van der Waals surface area contributed by atoms with Crippen molar-refractivity contribution in [1.29, 1.82) is 0 Å². The predicted molar refractivity (Wildman–Crippen MR) is 102 cm³/mol. The van der Waals surface area contributed by atoms with E-state index < -0.39 is 0 Å². The molecule has 3 heteroatoms. The largest absolute Gasteiger partial charge is 0.497 e. The Bertz CT molecular complexity index is 451. The second-order valence-electron chi connectivity index (χ2n) is 7.68. The molecule has 1 unspecified atom stereocenters. The van der Waals surface area contributed by atoms with Crippen LogP contribution in [0.5, 0.6) is 5.75 Å². The van der Waals surface area contributed by atoms with Gasteiger partial charge in [-0.05, 0) is 67.7 Å². The average Bonchev–Trinajstić information content (AvgIpc) is 2.62. The summed E-state index contributed by atoms with van der Waals surface area (Å²) in [6, 6.07) is 8.55. The molecule has 0 aliphatic heterocycles. The first-order chi connectivity index (χ1) is 11.6. The molecule has 1 fully saturated rings. The normalized spacial score (nSPS) is 22.5. The topological polar surface area (TPSA) is 38.5 Å². The van der Waals surface area contributed by atoms with Crippen LogP contribution >= 0.6 is 0 Å². The number of methoxy groups -OCH3 is 1. The van der Waals surface area contributed by atoms with E-state index in [1.165, 1.54) is 50.8 Å². The van der Waals surface area contributed by atoms with Gasteiger partial charge < -0.3 is 10.5 Å². The Morgan fingerprint density at radius 2 is 1.75 bits per heavy atom. The molecule has 136 valence electrons. The van der Waals surface area contributed by atoms with Gasteiger partial charge in [-0.25, -0.2) is 0 Å². The van der Waals surface area contributed by atoms with E-state index in [1.54, 1.807) is 7.11 Å². The Morgan fingerprint density at radius 3 is 2.29 bits per heavy atom. The Morgan fingerprint density at radius 1 is 1.12 bits per heavy atom. The van der Waals surface area contributed by atoms with Crippen molar-refractivity contribution in [2.24, 2.45) is 23.5 Å². The minimum absolute atomic E-state index is 0.753. The summed E-state index contributed by atoms with van der Waals surface area (Å²) in [5, 5.41) is 0. The lowest BCUT2D eigenvalue weighted by Gasteiger charge is -2.33. The van der Waals surface area contributed by atoms with Gasteiger partial charge in [-0.2, -0.15) is 0 Å². The summed E-state index contributed by atoms with van der Waals surface area (Å²) in [7, 11) is 1.72. The third kappa shape index (κ3) is 6.10. The summed E-state index contributed by atoms with van der Waals surface area (Å²) < 4.78 is 5.27. The fourth-order valence-electron chi connectivity index (χ4n) is 3.78. The lowest BCUT2D eigenvalue weighted by atomic mass is 9.81. The summed E-state index contributed by atoms with van der Waals surface area (Å²) in [6.07, 6.45) is 6.59. The Hall–Kier alpha value is -1.06. The average molecular weight is 333 g/mol.